The zero-order valence-corrected chi connectivity index (χ0v) is 15.7. The third-order valence-corrected chi connectivity index (χ3v) is 5.79. The second-order valence-corrected chi connectivity index (χ2v) is 8.72. The summed E-state index contributed by atoms with van der Waals surface area (Å²) in [6.07, 6.45) is 7.76. The number of hydrogen-bond acceptors (Lipinski definition) is 8. The van der Waals surface area contributed by atoms with Gasteiger partial charge >= 0.3 is 0 Å². The quantitative estimate of drug-likeness (QED) is 0.623. The number of nitrogens with one attached hydrogen (secondary N) is 1. The van der Waals surface area contributed by atoms with Crippen LogP contribution in [0.1, 0.15) is 57.8 Å². The topological polar surface area (TPSA) is 103 Å². The number of rotatable bonds is 2. The van der Waals surface area contributed by atoms with Gasteiger partial charge < -0.3 is 14.5 Å². The van der Waals surface area contributed by atoms with E-state index < -0.39 is 0 Å². The molecule has 3 aliphatic heterocycles. The molecule has 0 amide bonds. The van der Waals surface area contributed by atoms with Crippen LogP contribution in [0.2, 0.25) is 0 Å². The van der Waals surface area contributed by atoms with Gasteiger partial charge in [0.05, 0.1) is 24.4 Å². The second kappa shape index (κ2) is 5.87. The van der Waals surface area contributed by atoms with Crippen LogP contribution in [0.5, 0.6) is 0 Å². The Morgan fingerprint density at radius 2 is 2.19 bits per heavy atom. The standard InChI is InChI=1S/C18H24N6O3/c1-18(2,3)17-20-16(27-22-17)14-11-8-10-4-5-12(26-10)15(11)24(21-14)13-9-23(25)7-6-19-13/h6-7,9-12,14-15,21H,4-5,8H2,1-3H3. The SMILES string of the molecule is CC(C)(C)c1noc(C2NN(c3c[n+]([O-])ccn3)C3C4CCC(CC23)O4)n1. The Morgan fingerprint density at radius 1 is 1.33 bits per heavy atom. The first-order valence-electron chi connectivity index (χ1n) is 9.50. The number of anilines is 1. The van der Waals surface area contributed by atoms with Gasteiger partial charge in [-0.3, -0.25) is 5.01 Å². The highest BCUT2D eigenvalue weighted by Gasteiger charge is 2.55. The van der Waals surface area contributed by atoms with Gasteiger partial charge in [0.15, 0.2) is 12.0 Å². The van der Waals surface area contributed by atoms with Gasteiger partial charge in [0.25, 0.3) is 0 Å². The first-order chi connectivity index (χ1) is 12.9. The molecule has 3 saturated heterocycles. The highest BCUT2D eigenvalue weighted by Crippen LogP contribution is 2.47. The molecule has 2 aromatic rings. The van der Waals surface area contributed by atoms with Crippen LogP contribution in [0.4, 0.5) is 5.82 Å². The lowest BCUT2D eigenvalue weighted by Crippen LogP contribution is -2.49. The lowest BCUT2D eigenvalue weighted by atomic mass is 9.85. The molecule has 2 bridgehead atoms. The molecule has 3 fully saturated rings. The molecule has 0 saturated carbocycles. The zero-order valence-electron chi connectivity index (χ0n) is 15.7. The maximum Gasteiger partial charge on any atom is 0.245 e. The van der Waals surface area contributed by atoms with Gasteiger partial charge in [0, 0.05) is 11.3 Å². The van der Waals surface area contributed by atoms with E-state index in [0.717, 1.165) is 24.0 Å². The monoisotopic (exact) mass is 372 g/mol. The fourth-order valence-corrected chi connectivity index (χ4v) is 4.51. The van der Waals surface area contributed by atoms with E-state index in [1.807, 2.05) is 5.01 Å². The molecule has 5 rings (SSSR count). The summed E-state index contributed by atoms with van der Waals surface area (Å²) in [5.41, 5.74) is 3.31. The van der Waals surface area contributed by atoms with Crippen LogP contribution in [-0.2, 0) is 10.2 Å². The summed E-state index contributed by atoms with van der Waals surface area (Å²) >= 11 is 0. The van der Waals surface area contributed by atoms with E-state index in [1.54, 1.807) is 0 Å². The second-order valence-electron chi connectivity index (χ2n) is 8.72. The summed E-state index contributed by atoms with van der Waals surface area (Å²) < 4.78 is 12.6. The van der Waals surface area contributed by atoms with Crippen LogP contribution in [-0.4, -0.2) is 33.4 Å². The highest BCUT2D eigenvalue weighted by atomic mass is 16.5. The van der Waals surface area contributed by atoms with Crippen LogP contribution < -0.4 is 15.2 Å². The molecular formula is C18H24N6O3. The minimum Gasteiger partial charge on any atom is -0.619 e. The Morgan fingerprint density at radius 3 is 2.93 bits per heavy atom. The Balaban J connectivity index is 1.52. The van der Waals surface area contributed by atoms with Crippen molar-refractivity contribution in [1.29, 1.82) is 0 Å². The van der Waals surface area contributed by atoms with Crippen molar-refractivity contribution in [1.82, 2.24) is 20.6 Å². The molecule has 5 heterocycles. The highest BCUT2D eigenvalue weighted by molar-refractivity contribution is 5.39. The molecule has 0 radical (unpaired) electrons. The van der Waals surface area contributed by atoms with E-state index in [-0.39, 0.29) is 35.6 Å². The predicted molar refractivity (Wildman–Crippen MR) is 94.3 cm³/mol. The number of aromatic nitrogens is 4. The molecule has 9 nitrogen and oxygen atoms in total. The van der Waals surface area contributed by atoms with Gasteiger partial charge in [-0.2, -0.15) is 9.71 Å². The minimum atomic E-state index is -0.177. The molecule has 5 unspecified atom stereocenters. The van der Waals surface area contributed by atoms with E-state index in [9.17, 15) is 5.21 Å². The van der Waals surface area contributed by atoms with Crippen molar-refractivity contribution >= 4 is 5.82 Å². The molecule has 0 spiro atoms. The van der Waals surface area contributed by atoms with Crippen LogP contribution in [0.3, 0.4) is 0 Å². The van der Waals surface area contributed by atoms with Crippen LogP contribution in [0.15, 0.2) is 23.1 Å². The molecule has 5 atom stereocenters. The third kappa shape index (κ3) is 2.76. The average molecular weight is 372 g/mol. The summed E-state index contributed by atoms with van der Waals surface area (Å²) in [4.78, 5) is 9.06. The van der Waals surface area contributed by atoms with Gasteiger partial charge in [-0.15, -0.1) is 0 Å². The lowest BCUT2D eigenvalue weighted by Gasteiger charge is -2.35. The number of ether oxygens (including phenoxy) is 1. The van der Waals surface area contributed by atoms with Crippen molar-refractivity contribution in [2.75, 3.05) is 5.01 Å². The van der Waals surface area contributed by atoms with Crippen LogP contribution in [0.25, 0.3) is 0 Å². The van der Waals surface area contributed by atoms with Gasteiger partial charge in [-0.25, -0.2) is 10.4 Å². The molecule has 0 aliphatic carbocycles. The minimum absolute atomic E-state index is 0.0774. The van der Waals surface area contributed by atoms with Crippen molar-refractivity contribution in [2.24, 2.45) is 5.92 Å². The summed E-state index contributed by atoms with van der Waals surface area (Å²) in [6, 6.07) is -0.0404. The predicted octanol–water partition coefficient (Wildman–Crippen LogP) is 1.40. The Bertz CT molecular complexity index is 850. The Hall–Kier alpha value is -2.26. The first-order valence-corrected chi connectivity index (χ1v) is 9.50. The molecular weight excluding hydrogens is 348 g/mol. The van der Waals surface area contributed by atoms with Gasteiger partial charge in [0.2, 0.25) is 17.9 Å². The van der Waals surface area contributed by atoms with Crippen molar-refractivity contribution in [2.45, 2.75) is 69.7 Å². The molecule has 0 aromatic carbocycles. The summed E-state index contributed by atoms with van der Waals surface area (Å²) in [5.74, 6) is 2.12. The van der Waals surface area contributed by atoms with E-state index in [2.05, 4.69) is 41.3 Å². The van der Waals surface area contributed by atoms with Crippen molar-refractivity contribution in [3.8, 4) is 0 Å². The summed E-state index contributed by atoms with van der Waals surface area (Å²) in [7, 11) is 0. The molecule has 27 heavy (non-hydrogen) atoms. The Labute approximate surface area is 157 Å². The lowest BCUT2D eigenvalue weighted by molar-refractivity contribution is -0.605. The average Bonchev–Trinajstić information content (AvgIpc) is 3.32. The summed E-state index contributed by atoms with van der Waals surface area (Å²) in [5, 5.41) is 17.9. The molecule has 3 aliphatic rings. The van der Waals surface area contributed by atoms with Gasteiger partial charge in [-0.1, -0.05) is 25.9 Å². The Kier molecular flexibility index (Phi) is 3.67. The largest absolute Gasteiger partial charge is 0.619 e. The van der Waals surface area contributed by atoms with Crippen molar-refractivity contribution in [3.05, 3.63) is 35.5 Å². The van der Waals surface area contributed by atoms with Crippen LogP contribution >= 0.6 is 0 Å². The number of fused-ring (bicyclic) bond motifs is 4. The molecule has 2 aromatic heterocycles. The van der Waals surface area contributed by atoms with Crippen molar-refractivity contribution in [3.63, 3.8) is 0 Å². The fraction of sp³-hybridized carbons (Fsp3) is 0.667. The number of nitrogens with zero attached hydrogens (tertiary/aromatic N) is 5. The normalized spacial score (nSPS) is 32.7. The van der Waals surface area contributed by atoms with E-state index >= 15 is 0 Å². The third-order valence-electron chi connectivity index (χ3n) is 5.79. The maximum absolute atomic E-state index is 11.8. The van der Waals surface area contributed by atoms with Crippen molar-refractivity contribution < 1.29 is 14.0 Å². The maximum atomic E-state index is 11.8. The molecule has 1 N–H and O–H groups in total. The van der Waals surface area contributed by atoms with Gasteiger partial charge in [0.1, 0.15) is 6.04 Å². The number of hydrazine groups is 1. The van der Waals surface area contributed by atoms with E-state index in [0.29, 0.717) is 17.5 Å². The smallest absolute Gasteiger partial charge is 0.245 e. The molecule has 9 heteroatoms. The van der Waals surface area contributed by atoms with E-state index in [4.69, 9.17) is 9.26 Å². The van der Waals surface area contributed by atoms with Crippen LogP contribution in [0, 0.1) is 11.1 Å². The first kappa shape index (κ1) is 16.9. The van der Waals surface area contributed by atoms with E-state index in [1.165, 1.54) is 18.6 Å². The fourth-order valence-electron chi connectivity index (χ4n) is 4.51. The zero-order chi connectivity index (χ0) is 18.8. The van der Waals surface area contributed by atoms with Gasteiger partial charge in [-0.05, 0) is 19.3 Å². The summed E-state index contributed by atoms with van der Waals surface area (Å²) in [6.45, 7) is 6.19. The number of hydrogen-bond donors (Lipinski definition) is 1. The molecule has 144 valence electrons.